The van der Waals surface area contributed by atoms with Crippen LogP contribution in [0, 0.1) is 5.92 Å². The normalized spacial score (nSPS) is 23.1. The lowest BCUT2D eigenvalue weighted by Gasteiger charge is -2.30. The van der Waals surface area contributed by atoms with Crippen LogP contribution in [0.4, 0.5) is 0 Å². The number of rotatable bonds is 3. The second kappa shape index (κ2) is 5.14. The second-order valence-corrected chi connectivity index (χ2v) is 4.25. The molecular formula is C11H20N2O2. The minimum Gasteiger partial charge on any atom is -0.355 e. The third-order valence-electron chi connectivity index (χ3n) is 3.21. The second-order valence-electron chi connectivity index (χ2n) is 4.25. The zero-order chi connectivity index (χ0) is 11.4. The number of nitrogens with zero attached hydrogens (tertiary/aromatic N) is 1. The molecule has 15 heavy (non-hydrogen) atoms. The highest BCUT2D eigenvalue weighted by Gasteiger charge is 2.28. The highest BCUT2D eigenvalue weighted by atomic mass is 16.2. The molecule has 1 fully saturated rings. The van der Waals surface area contributed by atoms with E-state index in [0.29, 0.717) is 19.4 Å². The Bertz CT molecular complexity index is 243. The molecule has 0 aromatic rings. The Hall–Kier alpha value is -1.06. The Morgan fingerprint density at radius 3 is 2.80 bits per heavy atom. The van der Waals surface area contributed by atoms with Crippen molar-refractivity contribution >= 4 is 11.8 Å². The maximum Gasteiger partial charge on any atom is 0.227 e. The molecule has 1 rings (SSSR count). The molecule has 0 saturated carbocycles. The Balaban J connectivity index is 2.49. The summed E-state index contributed by atoms with van der Waals surface area (Å²) in [7, 11) is 1.84. The average Bonchev–Trinajstić information content (AvgIpc) is 2.27. The number of nitrogens with one attached hydrogen (secondary N) is 1. The zero-order valence-corrected chi connectivity index (χ0v) is 9.75. The first-order chi connectivity index (χ1) is 7.06. The zero-order valence-electron chi connectivity index (χ0n) is 9.75. The van der Waals surface area contributed by atoms with Crippen molar-refractivity contribution in [2.75, 3.05) is 13.6 Å². The third kappa shape index (κ3) is 2.94. The van der Waals surface area contributed by atoms with Crippen LogP contribution >= 0.6 is 0 Å². The van der Waals surface area contributed by atoms with E-state index in [1.54, 1.807) is 4.90 Å². The highest BCUT2D eigenvalue weighted by molar-refractivity contribution is 5.83. The minimum absolute atomic E-state index is 0.0262. The van der Waals surface area contributed by atoms with Crippen LogP contribution in [0.5, 0.6) is 0 Å². The summed E-state index contributed by atoms with van der Waals surface area (Å²) in [6.07, 6.45) is 2.12. The first kappa shape index (κ1) is 12.0. The van der Waals surface area contributed by atoms with Gasteiger partial charge in [-0.1, -0.05) is 6.92 Å². The molecule has 1 aliphatic rings. The Labute approximate surface area is 91.0 Å². The van der Waals surface area contributed by atoms with Crippen molar-refractivity contribution < 1.29 is 9.59 Å². The Morgan fingerprint density at radius 2 is 2.33 bits per heavy atom. The quantitative estimate of drug-likeness (QED) is 0.751. The molecule has 0 aromatic carbocycles. The number of amides is 2. The predicted molar refractivity (Wildman–Crippen MR) is 58.3 cm³/mol. The van der Waals surface area contributed by atoms with Crippen LogP contribution in [0.2, 0.25) is 0 Å². The summed E-state index contributed by atoms with van der Waals surface area (Å²) in [5.74, 6) is 0.191. The van der Waals surface area contributed by atoms with Gasteiger partial charge in [0.1, 0.15) is 0 Å². The molecule has 4 heteroatoms. The molecule has 1 heterocycles. The van der Waals surface area contributed by atoms with Crippen molar-refractivity contribution in [3.63, 3.8) is 0 Å². The van der Waals surface area contributed by atoms with Crippen LogP contribution in [-0.2, 0) is 9.59 Å². The third-order valence-corrected chi connectivity index (χ3v) is 3.21. The van der Waals surface area contributed by atoms with E-state index < -0.39 is 0 Å². The summed E-state index contributed by atoms with van der Waals surface area (Å²) in [6.45, 7) is 4.61. The van der Waals surface area contributed by atoms with Gasteiger partial charge in [0.25, 0.3) is 0 Å². The molecule has 4 nitrogen and oxygen atoms in total. The number of piperidine rings is 1. The molecule has 1 N–H and O–H groups in total. The fourth-order valence-electron chi connectivity index (χ4n) is 1.72. The molecule has 0 spiro atoms. The largest absolute Gasteiger partial charge is 0.355 e. The van der Waals surface area contributed by atoms with Gasteiger partial charge in [0.05, 0.1) is 5.92 Å². The van der Waals surface area contributed by atoms with Crippen LogP contribution in [0.25, 0.3) is 0 Å². The summed E-state index contributed by atoms with van der Waals surface area (Å²) >= 11 is 0. The van der Waals surface area contributed by atoms with Crippen molar-refractivity contribution in [2.24, 2.45) is 5.92 Å². The molecule has 2 unspecified atom stereocenters. The van der Waals surface area contributed by atoms with E-state index in [9.17, 15) is 9.59 Å². The molecule has 1 aliphatic heterocycles. The molecule has 0 radical (unpaired) electrons. The van der Waals surface area contributed by atoms with Gasteiger partial charge in [-0.25, -0.2) is 0 Å². The van der Waals surface area contributed by atoms with E-state index >= 15 is 0 Å². The van der Waals surface area contributed by atoms with Gasteiger partial charge in [-0.05, 0) is 19.8 Å². The first-order valence-corrected chi connectivity index (χ1v) is 5.59. The number of carbonyl (C=O) groups is 2. The van der Waals surface area contributed by atoms with Crippen LogP contribution < -0.4 is 5.32 Å². The van der Waals surface area contributed by atoms with Gasteiger partial charge < -0.3 is 10.2 Å². The van der Waals surface area contributed by atoms with Crippen LogP contribution in [0.15, 0.2) is 0 Å². The van der Waals surface area contributed by atoms with Gasteiger partial charge in [0.15, 0.2) is 0 Å². The Morgan fingerprint density at radius 1 is 1.67 bits per heavy atom. The first-order valence-electron chi connectivity index (χ1n) is 5.59. The topological polar surface area (TPSA) is 49.4 Å². The van der Waals surface area contributed by atoms with Gasteiger partial charge in [0, 0.05) is 26.1 Å². The molecule has 0 bridgehead atoms. The summed E-state index contributed by atoms with van der Waals surface area (Å²) in [4.78, 5) is 24.7. The van der Waals surface area contributed by atoms with Crippen molar-refractivity contribution in [3.8, 4) is 0 Å². The van der Waals surface area contributed by atoms with E-state index in [4.69, 9.17) is 0 Å². The molecular weight excluding hydrogens is 192 g/mol. The van der Waals surface area contributed by atoms with Crippen molar-refractivity contribution in [1.29, 1.82) is 0 Å². The van der Waals surface area contributed by atoms with Gasteiger partial charge in [-0.3, -0.25) is 9.59 Å². The molecule has 86 valence electrons. The minimum atomic E-state index is -0.0262. The predicted octanol–water partition coefficient (Wildman–Crippen LogP) is 0.769. The molecule has 2 amide bonds. The van der Waals surface area contributed by atoms with E-state index in [0.717, 1.165) is 6.42 Å². The number of hydrogen-bond donors (Lipinski definition) is 1. The number of hydrogen-bond acceptors (Lipinski definition) is 2. The lowest BCUT2D eigenvalue weighted by Crippen LogP contribution is -2.46. The summed E-state index contributed by atoms with van der Waals surface area (Å²) < 4.78 is 0. The molecule has 0 aromatic heterocycles. The van der Waals surface area contributed by atoms with Gasteiger partial charge >= 0.3 is 0 Å². The fourth-order valence-corrected chi connectivity index (χ4v) is 1.72. The fraction of sp³-hybridized carbons (Fsp3) is 0.818. The van der Waals surface area contributed by atoms with Crippen LogP contribution in [0.3, 0.4) is 0 Å². The van der Waals surface area contributed by atoms with Gasteiger partial charge in [0.2, 0.25) is 11.8 Å². The van der Waals surface area contributed by atoms with Gasteiger partial charge in [-0.2, -0.15) is 0 Å². The number of carbonyl (C=O) groups excluding carboxylic acids is 2. The molecule has 1 saturated heterocycles. The SMILES string of the molecule is CCC(C)N(C)C(=O)C1CCC(=O)NC1. The lowest BCUT2D eigenvalue weighted by molar-refractivity contribution is -0.138. The summed E-state index contributed by atoms with van der Waals surface area (Å²) in [5, 5.41) is 2.74. The maximum atomic E-state index is 12.0. The summed E-state index contributed by atoms with van der Waals surface area (Å²) in [6, 6.07) is 0.273. The van der Waals surface area contributed by atoms with Crippen molar-refractivity contribution in [2.45, 2.75) is 39.2 Å². The van der Waals surface area contributed by atoms with Crippen molar-refractivity contribution in [3.05, 3.63) is 0 Å². The standard InChI is InChI=1S/C11H20N2O2/c1-4-8(2)13(3)11(15)9-5-6-10(14)12-7-9/h8-9H,4-7H2,1-3H3,(H,12,14). The van der Waals surface area contributed by atoms with E-state index in [1.807, 2.05) is 14.0 Å². The highest BCUT2D eigenvalue weighted by Crippen LogP contribution is 2.15. The lowest BCUT2D eigenvalue weighted by atomic mass is 9.97. The van der Waals surface area contributed by atoms with Crippen molar-refractivity contribution in [1.82, 2.24) is 10.2 Å². The monoisotopic (exact) mass is 212 g/mol. The molecule has 0 aliphatic carbocycles. The average molecular weight is 212 g/mol. The Kier molecular flexibility index (Phi) is 4.12. The van der Waals surface area contributed by atoms with Crippen LogP contribution in [-0.4, -0.2) is 36.3 Å². The van der Waals surface area contributed by atoms with Crippen LogP contribution in [0.1, 0.15) is 33.1 Å². The van der Waals surface area contributed by atoms with E-state index in [2.05, 4.69) is 12.2 Å². The maximum absolute atomic E-state index is 12.0. The van der Waals surface area contributed by atoms with Gasteiger partial charge in [-0.15, -0.1) is 0 Å². The smallest absolute Gasteiger partial charge is 0.227 e. The molecule has 2 atom stereocenters. The summed E-state index contributed by atoms with van der Waals surface area (Å²) in [5.41, 5.74) is 0. The van der Waals surface area contributed by atoms with E-state index in [1.165, 1.54) is 0 Å². The van der Waals surface area contributed by atoms with E-state index in [-0.39, 0.29) is 23.8 Å².